The van der Waals surface area contributed by atoms with Crippen molar-refractivity contribution in [3.05, 3.63) is 30.3 Å². The van der Waals surface area contributed by atoms with E-state index >= 15 is 0 Å². The molecule has 128 valence electrons. The summed E-state index contributed by atoms with van der Waals surface area (Å²) in [4.78, 5) is 25.7. The Balaban J connectivity index is 2.71. The number of para-hydroxylation sites is 1. The second-order valence-corrected chi connectivity index (χ2v) is 6.05. The lowest BCUT2D eigenvalue weighted by atomic mass is 9.93. The third-order valence-electron chi connectivity index (χ3n) is 3.67. The lowest BCUT2D eigenvalue weighted by Gasteiger charge is -2.25. The molecular weight excluding hydrogens is 292 g/mol. The Morgan fingerprint density at radius 2 is 1.87 bits per heavy atom. The number of anilines is 1. The van der Waals surface area contributed by atoms with Crippen molar-refractivity contribution in [1.29, 1.82) is 0 Å². The number of carbonyl (C=O) groups is 2. The SMILES string of the molecule is CCN(C(=O)C[C@@H](CNC(=O)OC)CC(C)C)c1ccccc1. The Morgan fingerprint density at radius 3 is 2.39 bits per heavy atom. The van der Waals surface area contributed by atoms with Gasteiger partial charge in [-0.15, -0.1) is 0 Å². The van der Waals surface area contributed by atoms with Gasteiger partial charge in [-0.25, -0.2) is 4.79 Å². The Hall–Kier alpha value is -2.04. The summed E-state index contributed by atoms with van der Waals surface area (Å²) in [7, 11) is 1.34. The van der Waals surface area contributed by atoms with Crippen molar-refractivity contribution in [2.45, 2.75) is 33.6 Å². The van der Waals surface area contributed by atoms with Crippen molar-refractivity contribution >= 4 is 17.7 Å². The van der Waals surface area contributed by atoms with Crippen LogP contribution in [0.2, 0.25) is 0 Å². The number of nitrogens with one attached hydrogen (secondary N) is 1. The molecule has 1 aromatic rings. The van der Waals surface area contributed by atoms with Crippen LogP contribution in [0.5, 0.6) is 0 Å². The van der Waals surface area contributed by atoms with Gasteiger partial charge in [-0.2, -0.15) is 0 Å². The van der Waals surface area contributed by atoms with Crippen molar-refractivity contribution in [3.8, 4) is 0 Å². The summed E-state index contributed by atoms with van der Waals surface area (Å²) in [5.41, 5.74) is 0.907. The van der Waals surface area contributed by atoms with Crippen molar-refractivity contribution in [2.24, 2.45) is 11.8 Å². The molecule has 5 heteroatoms. The molecule has 5 nitrogen and oxygen atoms in total. The van der Waals surface area contributed by atoms with Crippen LogP contribution in [0.1, 0.15) is 33.6 Å². The van der Waals surface area contributed by atoms with Crippen LogP contribution in [-0.2, 0) is 9.53 Å². The normalized spacial score (nSPS) is 11.9. The van der Waals surface area contributed by atoms with Crippen molar-refractivity contribution in [2.75, 3.05) is 25.1 Å². The number of alkyl carbamates (subject to hydrolysis) is 1. The lowest BCUT2D eigenvalue weighted by molar-refractivity contribution is -0.119. The molecule has 0 aromatic heterocycles. The van der Waals surface area contributed by atoms with Gasteiger partial charge in [0.15, 0.2) is 0 Å². The van der Waals surface area contributed by atoms with E-state index in [0.717, 1.165) is 12.1 Å². The maximum atomic E-state index is 12.7. The van der Waals surface area contributed by atoms with Gasteiger partial charge in [-0.3, -0.25) is 4.79 Å². The zero-order chi connectivity index (χ0) is 17.2. The molecule has 0 heterocycles. The van der Waals surface area contributed by atoms with Gasteiger partial charge < -0.3 is 15.0 Å². The van der Waals surface area contributed by atoms with Crippen LogP contribution in [-0.4, -0.2) is 32.2 Å². The quantitative estimate of drug-likeness (QED) is 0.798. The highest BCUT2D eigenvalue weighted by Gasteiger charge is 2.21. The molecule has 0 unspecified atom stereocenters. The number of nitrogens with zero attached hydrogens (tertiary/aromatic N) is 1. The molecule has 0 saturated heterocycles. The Morgan fingerprint density at radius 1 is 1.22 bits per heavy atom. The van der Waals surface area contributed by atoms with Crippen molar-refractivity contribution in [3.63, 3.8) is 0 Å². The number of rotatable bonds is 8. The second kappa shape index (κ2) is 9.87. The van der Waals surface area contributed by atoms with Crippen LogP contribution in [0, 0.1) is 11.8 Å². The summed E-state index contributed by atoms with van der Waals surface area (Å²) >= 11 is 0. The number of methoxy groups -OCH3 is 1. The van der Waals surface area contributed by atoms with Crippen LogP contribution in [0.3, 0.4) is 0 Å². The molecule has 0 radical (unpaired) electrons. The van der Waals surface area contributed by atoms with Crippen LogP contribution >= 0.6 is 0 Å². The minimum absolute atomic E-state index is 0.0796. The molecule has 1 rings (SSSR count). The maximum Gasteiger partial charge on any atom is 0.406 e. The first-order valence-electron chi connectivity index (χ1n) is 8.15. The van der Waals surface area contributed by atoms with Crippen molar-refractivity contribution in [1.82, 2.24) is 5.32 Å². The minimum Gasteiger partial charge on any atom is -0.453 e. The van der Waals surface area contributed by atoms with Gasteiger partial charge in [0, 0.05) is 25.2 Å². The summed E-state index contributed by atoms with van der Waals surface area (Å²) in [6.07, 6.45) is 0.828. The number of hydrogen-bond donors (Lipinski definition) is 1. The number of ether oxygens (including phenoxy) is 1. The van der Waals surface area contributed by atoms with E-state index in [1.165, 1.54) is 7.11 Å². The first-order valence-corrected chi connectivity index (χ1v) is 8.15. The van der Waals surface area contributed by atoms with Gasteiger partial charge >= 0.3 is 6.09 Å². The monoisotopic (exact) mass is 320 g/mol. The first-order chi connectivity index (χ1) is 11.0. The predicted molar refractivity (Wildman–Crippen MR) is 92.4 cm³/mol. The Bertz CT molecular complexity index is 488. The summed E-state index contributed by atoms with van der Waals surface area (Å²) in [5.74, 6) is 0.634. The number of carbonyl (C=O) groups excluding carboxylic acids is 2. The fourth-order valence-corrected chi connectivity index (χ4v) is 2.67. The lowest BCUT2D eigenvalue weighted by Crippen LogP contribution is -2.36. The fraction of sp³-hybridized carbons (Fsp3) is 0.556. The van der Waals surface area contributed by atoms with Crippen LogP contribution in [0.15, 0.2) is 30.3 Å². The molecule has 0 aliphatic rings. The first kappa shape index (κ1) is 19.0. The highest BCUT2D eigenvalue weighted by atomic mass is 16.5. The molecule has 0 bridgehead atoms. The molecule has 1 aromatic carbocycles. The van der Waals surface area contributed by atoms with E-state index in [-0.39, 0.29) is 11.8 Å². The van der Waals surface area contributed by atoms with E-state index in [4.69, 9.17) is 0 Å². The molecule has 0 spiro atoms. The second-order valence-electron chi connectivity index (χ2n) is 6.05. The highest BCUT2D eigenvalue weighted by molar-refractivity contribution is 5.93. The van der Waals surface area contributed by atoms with Crippen LogP contribution in [0.25, 0.3) is 0 Å². The third kappa shape index (κ3) is 6.72. The predicted octanol–water partition coefficient (Wildman–Crippen LogP) is 3.45. The fourth-order valence-electron chi connectivity index (χ4n) is 2.67. The molecule has 23 heavy (non-hydrogen) atoms. The van der Waals surface area contributed by atoms with E-state index in [2.05, 4.69) is 23.9 Å². The average molecular weight is 320 g/mol. The third-order valence-corrected chi connectivity index (χ3v) is 3.67. The smallest absolute Gasteiger partial charge is 0.406 e. The summed E-state index contributed by atoms with van der Waals surface area (Å²) in [6.45, 7) is 7.27. The molecular formula is C18H28N2O3. The van der Waals surface area contributed by atoms with E-state index in [1.54, 1.807) is 4.90 Å². The van der Waals surface area contributed by atoms with Gasteiger partial charge in [-0.1, -0.05) is 32.0 Å². The molecule has 0 aliphatic heterocycles. The summed E-state index contributed by atoms with van der Waals surface area (Å²) < 4.78 is 4.60. The molecule has 0 saturated carbocycles. The number of hydrogen-bond acceptors (Lipinski definition) is 3. The van der Waals surface area contributed by atoms with Crippen LogP contribution in [0.4, 0.5) is 10.5 Å². The molecule has 1 N–H and O–H groups in total. The van der Waals surface area contributed by atoms with Gasteiger partial charge in [0.2, 0.25) is 5.91 Å². The van der Waals surface area contributed by atoms with Gasteiger partial charge in [0.05, 0.1) is 7.11 Å². The van der Waals surface area contributed by atoms with E-state index in [1.807, 2.05) is 37.3 Å². The van der Waals surface area contributed by atoms with Gasteiger partial charge in [0.1, 0.15) is 0 Å². The van der Waals surface area contributed by atoms with Gasteiger partial charge in [0.25, 0.3) is 0 Å². The van der Waals surface area contributed by atoms with E-state index in [9.17, 15) is 9.59 Å². The molecule has 1 atom stereocenters. The van der Waals surface area contributed by atoms with Crippen LogP contribution < -0.4 is 10.2 Å². The average Bonchev–Trinajstić information content (AvgIpc) is 2.53. The summed E-state index contributed by atoms with van der Waals surface area (Å²) in [5, 5.41) is 2.71. The van der Waals surface area contributed by atoms with E-state index in [0.29, 0.717) is 25.4 Å². The number of amides is 2. The highest BCUT2D eigenvalue weighted by Crippen LogP contribution is 2.20. The number of benzene rings is 1. The minimum atomic E-state index is -0.457. The molecule has 0 fully saturated rings. The standard InChI is InChI=1S/C18H28N2O3/c1-5-20(16-9-7-6-8-10-16)17(21)12-15(11-14(2)3)13-19-18(22)23-4/h6-10,14-15H,5,11-13H2,1-4H3,(H,19,22)/t15-/m0/s1. The largest absolute Gasteiger partial charge is 0.453 e. The van der Waals surface area contributed by atoms with Gasteiger partial charge in [-0.05, 0) is 37.3 Å². The summed E-state index contributed by atoms with van der Waals surface area (Å²) in [6, 6.07) is 9.66. The Kier molecular flexibility index (Phi) is 8.16. The topological polar surface area (TPSA) is 58.6 Å². The molecule has 2 amide bonds. The maximum absolute atomic E-state index is 12.7. The molecule has 0 aliphatic carbocycles. The van der Waals surface area contributed by atoms with Crippen molar-refractivity contribution < 1.29 is 14.3 Å². The van der Waals surface area contributed by atoms with E-state index < -0.39 is 6.09 Å². The zero-order valence-corrected chi connectivity index (χ0v) is 14.5. The zero-order valence-electron chi connectivity index (χ0n) is 14.5. The Labute approximate surface area is 139 Å².